The topological polar surface area (TPSA) is 74.7 Å². The third-order valence-electron chi connectivity index (χ3n) is 8.93. The predicted molar refractivity (Wildman–Crippen MR) is 176 cm³/mol. The van der Waals surface area contributed by atoms with E-state index >= 15 is 0 Å². The van der Waals surface area contributed by atoms with E-state index in [4.69, 9.17) is 0 Å². The Bertz CT molecular complexity index is 1740. The van der Waals surface area contributed by atoms with Crippen molar-refractivity contribution in [3.63, 3.8) is 0 Å². The number of hydrogen-bond donors (Lipinski definition) is 1. The summed E-state index contributed by atoms with van der Waals surface area (Å²) in [6, 6.07) is 28.8. The Morgan fingerprint density at radius 1 is 0.864 bits per heavy atom. The SMILES string of the molecule is CN(Cc1ccccc1)C(=O)c1ccc(N2CC3CC(C2)c2cccc(=O)n2C3)c(NC(=O)c2ccc(C(C)(C)C)cc2)c1. The zero-order chi connectivity index (χ0) is 31.0. The van der Waals surface area contributed by atoms with Crippen molar-refractivity contribution in [2.75, 3.05) is 30.4 Å². The minimum Gasteiger partial charge on any atom is -0.369 e. The molecule has 7 nitrogen and oxygen atoms in total. The second-order valence-corrected chi connectivity index (χ2v) is 13.3. The summed E-state index contributed by atoms with van der Waals surface area (Å²) in [7, 11) is 1.80. The first kappa shape index (κ1) is 29.4. The molecular weight excluding hydrogens is 548 g/mol. The van der Waals surface area contributed by atoms with Crippen molar-refractivity contribution in [1.29, 1.82) is 0 Å². The number of piperidine rings is 1. The number of nitrogens with one attached hydrogen (secondary N) is 1. The maximum atomic E-state index is 13.6. The molecule has 2 aliphatic heterocycles. The highest BCUT2D eigenvalue weighted by atomic mass is 16.2. The maximum absolute atomic E-state index is 13.6. The molecule has 0 saturated carbocycles. The third-order valence-corrected chi connectivity index (χ3v) is 8.93. The Kier molecular flexibility index (Phi) is 7.89. The second kappa shape index (κ2) is 11.8. The number of fused-ring (bicyclic) bond motifs is 4. The van der Waals surface area contributed by atoms with Crippen LogP contribution in [0.4, 0.5) is 11.4 Å². The number of amides is 2. The van der Waals surface area contributed by atoms with Gasteiger partial charge in [-0.2, -0.15) is 0 Å². The highest BCUT2D eigenvalue weighted by Crippen LogP contribution is 2.39. The van der Waals surface area contributed by atoms with Gasteiger partial charge < -0.3 is 19.7 Å². The number of pyridine rings is 1. The molecule has 2 amide bonds. The summed E-state index contributed by atoms with van der Waals surface area (Å²) in [5.41, 5.74) is 5.88. The smallest absolute Gasteiger partial charge is 0.255 e. The molecule has 6 rings (SSSR count). The molecule has 0 aliphatic carbocycles. The molecule has 7 heteroatoms. The molecule has 2 unspecified atom stereocenters. The molecule has 1 N–H and O–H groups in total. The van der Waals surface area contributed by atoms with E-state index in [1.165, 1.54) is 0 Å². The molecule has 44 heavy (non-hydrogen) atoms. The van der Waals surface area contributed by atoms with Gasteiger partial charge in [0.25, 0.3) is 17.4 Å². The number of benzene rings is 3. The van der Waals surface area contributed by atoms with Crippen molar-refractivity contribution in [3.05, 3.63) is 129 Å². The summed E-state index contributed by atoms with van der Waals surface area (Å²) < 4.78 is 1.92. The lowest BCUT2D eigenvalue weighted by Crippen LogP contribution is -2.47. The van der Waals surface area contributed by atoms with E-state index in [1.807, 2.05) is 83.4 Å². The van der Waals surface area contributed by atoms with Crippen molar-refractivity contribution in [2.24, 2.45) is 5.92 Å². The van der Waals surface area contributed by atoms with Crippen LogP contribution < -0.4 is 15.8 Å². The van der Waals surface area contributed by atoms with Gasteiger partial charge in [0.05, 0.1) is 11.4 Å². The van der Waals surface area contributed by atoms with E-state index in [-0.39, 0.29) is 28.7 Å². The summed E-state index contributed by atoms with van der Waals surface area (Å²) in [6.07, 6.45) is 1.03. The summed E-state index contributed by atoms with van der Waals surface area (Å²) in [6.45, 7) is 9.10. The molecule has 2 atom stereocenters. The Hall–Kier alpha value is -4.65. The first-order valence-corrected chi connectivity index (χ1v) is 15.4. The monoisotopic (exact) mass is 588 g/mol. The standard InChI is InChI=1S/C37H40N4O3/c1-37(2,3)30-16-13-27(14-17-30)35(43)38-31-20-28(36(44)39(4)21-25-9-6-5-7-10-25)15-18-33(31)40-22-26-19-29(24-40)32-11-8-12-34(42)41(32)23-26/h5-18,20,26,29H,19,21-24H2,1-4H3,(H,38,43). The summed E-state index contributed by atoms with van der Waals surface area (Å²) in [5.74, 6) is 0.189. The average molecular weight is 589 g/mol. The van der Waals surface area contributed by atoms with Crippen LogP contribution >= 0.6 is 0 Å². The van der Waals surface area contributed by atoms with Crippen LogP contribution in [0.15, 0.2) is 95.8 Å². The van der Waals surface area contributed by atoms with Crippen LogP contribution in [-0.2, 0) is 18.5 Å². The summed E-state index contributed by atoms with van der Waals surface area (Å²) in [4.78, 5) is 43.7. The Labute approximate surface area is 259 Å². The number of anilines is 2. The van der Waals surface area contributed by atoms with Gasteiger partial charge >= 0.3 is 0 Å². The van der Waals surface area contributed by atoms with Crippen molar-refractivity contribution >= 4 is 23.2 Å². The van der Waals surface area contributed by atoms with E-state index in [1.54, 1.807) is 18.0 Å². The third kappa shape index (κ3) is 6.05. The number of rotatable bonds is 6. The van der Waals surface area contributed by atoms with Gasteiger partial charge in [-0.15, -0.1) is 0 Å². The Morgan fingerprint density at radius 2 is 1.59 bits per heavy atom. The number of carbonyl (C=O) groups excluding carboxylic acids is 2. The highest BCUT2D eigenvalue weighted by Gasteiger charge is 2.35. The van der Waals surface area contributed by atoms with Crippen LogP contribution in [0.2, 0.25) is 0 Å². The van der Waals surface area contributed by atoms with Crippen LogP contribution in [0.5, 0.6) is 0 Å². The van der Waals surface area contributed by atoms with Gasteiger partial charge in [0.1, 0.15) is 0 Å². The molecule has 0 spiro atoms. The zero-order valence-electron chi connectivity index (χ0n) is 25.9. The molecular formula is C37H40N4O3. The maximum Gasteiger partial charge on any atom is 0.255 e. The van der Waals surface area contributed by atoms with E-state index < -0.39 is 0 Å². The van der Waals surface area contributed by atoms with E-state index in [0.717, 1.165) is 42.0 Å². The zero-order valence-corrected chi connectivity index (χ0v) is 25.9. The molecule has 3 heterocycles. The van der Waals surface area contributed by atoms with Gasteiger partial charge in [0.2, 0.25) is 0 Å². The number of hydrogen-bond acceptors (Lipinski definition) is 4. The van der Waals surface area contributed by atoms with Crippen molar-refractivity contribution in [3.8, 4) is 0 Å². The minimum absolute atomic E-state index is 0.0151. The van der Waals surface area contributed by atoms with Gasteiger partial charge in [0, 0.05) is 62.0 Å². The first-order chi connectivity index (χ1) is 21.1. The van der Waals surface area contributed by atoms with Gasteiger partial charge in [0.15, 0.2) is 0 Å². The van der Waals surface area contributed by atoms with Crippen LogP contribution in [-0.4, -0.2) is 41.4 Å². The number of carbonyl (C=O) groups is 2. The normalized spacial score (nSPS) is 17.5. The molecule has 1 saturated heterocycles. The average Bonchev–Trinajstić information content (AvgIpc) is 3.01. The molecule has 4 aromatic rings. The van der Waals surface area contributed by atoms with Gasteiger partial charge in [-0.1, -0.05) is 69.3 Å². The largest absolute Gasteiger partial charge is 0.369 e. The minimum atomic E-state index is -0.219. The van der Waals surface area contributed by atoms with Crippen LogP contribution in [0.25, 0.3) is 0 Å². The molecule has 226 valence electrons. The van der Waals surface area contributed by atoms with Crippen molar-refractivity contribution in [2.45, 2.75) is 51.6 Å². The van der Waals surface area contributed by atoms with Crippen molar-refractivity contribution < 1.29 is 9.59 Å². The fourth-order valence-corrected chi connectivity index (χ4v) is 6.60. The molecule has 3 aromatic carbocycles. The Morgan fingerprint density at radius 3 is 2.32 bits per heavy atom. The highest BCUT2D eigenvalue weighted by molar-refractivity contribution is 6.07. The van der Waals surface area contributed by atoms with E-state index in [0.29, 0.717) is 35.8 Å². The van der Waals surface area contributed by atoms with Gasteiger partial charge in [-0.25, -0.2) is 0 Å². The molecule has 2 bridgehead atoms. The lowest BCUT2D eigenvalue weighted by molar-refractivity contribution is 0.0784. The molecule has 1 aromatic heterocycles. The van der Waals surface area contributed by atoms with Crippen LogP contribution in [0.3, 0.4) is 0 Å². The predicted octanol–water partition coefficient (Wildman–Crippen LogP) is 6.29. The summed E-state index contributed by atoms with van der Waals surface area (Å²) in [5, 5.41) is 3.15. The van der Waals surface area contributed by atoms with Gasteiger partial charge in [-0.3, -0.25) is 14.4 Å². The molecule has 2 aliphatic rings. The molecule has 0 radical (unpaired) electrons. The number of nitrogens with zero attached hydrogens (tertiary/aromatic N) is 3. The van der Waals surface area contributed by atoms with Gasteiger partial charge in [-0.05, 0) is 65.3 Å². The van der Waals surface area contributed by atoms with Crippen molar-refractivity contribution in [1.82, 2.24) is 9.47 Å². The summed E-state index contributed by atoms with van der Waals surface area (Å²) >= 11 is 0. The number of aromatic nitrogens is 1. The van der Waals surface area contributed by atoms with E-state index in [2.05, 4.69) is 37.1 Å². The van der Waals surface area contributed by atoms with E-state index in [9.17, 15) is 14.4 Å². The quantitative estimate of drug-likeness (QED) is 0.287. The molecule has 1 fully saturated rings. The van der Waals surface area contributed by atoms with Crippen LogP contribution in [0, 0.1) is 5.92 Å². The first-order valence-electron chi connectivity index (χ1n) is 15.4. The fourth-order valence-electron chi connectivity index (χ4n) is 6.60. The fraction of sp³-hybridized carbons (Fsp3) is 0.324. The van der Waals surface area contributed by atoms with Crippen LogP contribution in [0.1, 0.15) is 70.6 Å². The second-order valence-electron chi connectivity index (χ2n) is 13.3. The lowest BCUT2D eigenvalue weighted by Gasteiger charge is -2.44. The lowest BCUT2D eigenvalue weighted by atomic mass is 9.83. The Balaban J connectivity index is 1.31.